The SMILES string of the molecule is COc1ccc(C(NC(=O)CSC(C)c2nc3ccccc3[nH]2)c2nccn2C)cc1. The highest BCUT2D eigenvalue weighted by atomic mass is 32.2. The van der Waals surface area contributed by atoms with E-state index in [2.05, 4.69) is 27.2 Å². The van der Waals surface area contributed by atoms with Gasteiger partial charge in [-0.3, -0.25) is 4.79 Å². The second-order valence-electron chi connectivity index (χ2n) is 7.26. The molecular weight excluding hydrogens is 410 g/mol. The van der Waals surface area contributed by atoms with Crippen LogP contribution >= 0.6 is 11.8 Å². The number of nitrogens with one attached hydrogen (secondary N) is 2. The van der Waals surface area contributed by atoms with E-state index in [0.717, 1.165) is 34.0 Å². The van der Waals surface area contributed by atoms with Gasteiger partial charge in [0.05, 0.1) is 29.1 Å². The number of nitrogens with zero attached hydrogens (tertiary/aromatic N) is 3. The van der Waals surface area contributed by atoms with Gasteiger partial charge in [-0.1, -0.05) is 24.3 Å². The first-order valence-electron chi connectivity index (χ1n) is 10.0. The summed E-state index contributed by atoms with van der Waals surface area (Å²) in [6.07, 6.45) is 3.60. The fourth-order valence-electron chi connectivity index (χ4n) is 3.40. The van der Waals surface area contributed by atoms with Crippen LogP contribution in [0.5, 0.6) is 5.75 Å². The highest BCUT2D eigenvalue weighted by Crippen LogP contribution is 2.28. The van der Waals surface area contributed by atoms with Gasteiger partial charge in [0.15, 0.2) is 0 Å². The van der Waals surface area contributed by atoms with Crippen LogP contribution in [0.25, 0.3) is 11.0 Å². The third kappa shape index (κ3) is 4.74. The second kappa shape index (κ2) is 9.26. The van der Waals surface area contributed by atoms with Crippen molar-refractivity contribution in [1.29, 1.82) is 0 Å². The Balaban J connectivity index is 1.45. The molecule has 7 nitrogen and oxygen atoms in total. The maximum absolute atomic E-state index is 12.8. The normalized spacial score (nSPS) is 13.1. The summed E-state index contributed by atoms with van der Waals surface area (Å²) < 4.78 is 7.17. The van der Waals surface area contributed by atoms with Crippen molar-refractivity contribution in [3.63, 3.8) is 0 Å². The van der Waals surface area contributed by atoms with Crippen molar-refractivity contribution in [2.75, 3.05) is 12.9 Å². The number of carbonyl (C=O) groups excluding carboxylic acids is 1. The summed E-state index contributed by atoms with van der Waals surface area (Å²) in [6.45, 7) is 2.05. The molecule has 0 saturated heterocycles. The number of aromatic nitrogens is 4. The molecule has 1 amide bonds. The summed E-state index contributed by atoms with van der Waals surface area (Å²) >= 11 is 1.54. The zero-order valence-electron chi connectivity index (χ0n) is 17.7. The van der Waals surface area contributed by atoms with E-state index in [0.29, 0.717) is 5.75 Å². The molecule has 8 heteroatoms. The Labute approximate surface area is 185 Å². The number of benzene rings is 2. The van der Waals surface area contributed by atoms with Gasteiger partial charge in [0, 0.05) is 19.4 Å². The summed E-state index contributed by atoms with van der Waals surface area (Å²) in [4.78, 5) is 25.3. The monoisotopic (exact) mass is 435 g/mol. The van der Waals surface area contributed by atoms with Crippen LogP contribution in [0.4, 0.5) is 0 Å². The number of H-pyrrole nitrogens is 1. The molecule has 0 bridgehead atoms. The first kappa shape index (κ1) is 21.0. The molecule has 2 heterocycles. The largest absolute Gasteiger partial charge is 0.497 e. The van der Waals surface area contributed by atoms with E-state index in [4.69, 9.17) is 4.74 Å². The van der Waals surface area contributed by atoms with E-state index in [-0.39, 0.29) is 17.2 Å². The molecule has 0 spiro atoms. The second-order valence-corrected chi connectivity index (χ2v) is 8.59. The molecular formula is C23H25N5O2S. The number of fused-ring (bicyclic) bond motifs is 1. The van der Waals surface area contributed by atoms with Gasteiger partial charge < -0.3 is 19.6 Å². The highest BCUT2D eigenvalue weighted by molar-refractivity contribution is 8.00. The number of rotatable bonds is 8. The zero-order valence-corrected chi connectivity index (χ0v) is 18.5. The van der Waals surface area contributed by atoms with Crippen molar-refractivity contribution in [1.82, 2.24) is 24.8 Å². The average Bonchev–Trinajstić information content (AvgIpc) is 3.42. The number of hydrogen-bond acceptors (Lipinski definition) is 5. The molecule has 4 rings (SSSR count). The van der Waals surface area contributed by atoms with Crippen LogP contribution in [0.3, 0.4) is 0 Å². The van der Waals surface area contributed by atoms with Crippen molar-refractivity contribution >= 4 is 28.7 Å². The van der Waals surface area contributed by atoms with Crippen molar-refractivity contribution < 1.29 is 9.53 Å². The Kier molecular flexibility index (Phi) is 6.27. The van der Waals surface area contributed by atoms with Crippen LogP contribution < -0.4 is 10.1 Å². The zero-order chi connectivity index (χ0) is 21.8. The lowest BCUT2D eigenvalue weighted by Gasteiger charge is -2.20. The number of thioether (sulfide) groups is 1. The molecule has 0 radical (unpaired) electrons. The number of carbonyl (C=O) groups is 1. The Bertz CT molecular complexity index is 1140. The molecule has 0 aliphatic carbocycles. The molecule has 31 heavy (non-hydrogen) atoms. The number of hydrogen-bond donors (Lipinski definition) is 2. The number of aromatic amines is 1. The molecule has 160 valence electrons. The van der Waals surface area contributed by atoms with Crippen molar-refractivity contribution in [3.05, 3.63) is 78.1 Å². The lowest BCUT2D eigenvalue weighted by molar-refractivity contribution is -0.119. The van der Waals surface area contributed by atoms with Crippen LogP contribution in [0, 0.1) is 0 Å². The van der Waals surface area contributed by atoms with Gasteiger partial charge in [-0.15, -0.1) is 11.8 Å². The van der Waals surface area contributed by atoms with Gasteiger partial charge in [0.25, 0.3) is 0 Å². The van der Waals surface area contributed by atoms with Crippen LogP contribution in [-0.2, 0) is 11.8 Å². The number of para-hydroxylation sites is 2. The first-order chi connectivity index (χ1) is 15.0. The lowest BCUT2D eigenvalue weighted by atomic mass is 10.1. The molecule has 2 aromatic heterocycles. The van der Waals surface area contributed by atoms with E-state index in [1.165, 1.54) is 0 Å². The lowest BCUT2D eigenvalue weighted by Crippen LogP contribution is -2.32. The molecule has 0 saturated carbocycles. The number of methoxy groups -OCH3 is 1. The maximum Gasteiger partial charge on any atom is 0.230 e. The van der Waals surface area contributed by atoms with E-state index in [9.17, 15) is 4.79 Å². The minimum atomic E-state index is -0.347. The van der Waals surface area contributed by atoms with Crippen LogP contribution in [0.2, 0.25) is 0 Å². The quantitative estimate of drug-likeness (QED) is 0.437. The number of amides is 1. The van der Waals surface area contributed by atoms with Crippen molar-refractivity contribution in [2.45, 2.75) is 18.2 Å². The van der Waals surface area contributed by atoms with Gasteiger partial charge in [0.2, 0.25) is 5.91 Å². The summed E-state index contributed by atoms with van der Waals surface area (Å²) in [6, 6.07) is 15.2. The molecule has 0 fully saturated rings. The third-order valence-electron chi connectivity index (χ3n) is 5.13. The molecule has 0 aliphatic rings. The minimum absolute atomic E-state index is 0.0585. The summed E-state index contributed by atoms with van der Waals surface area (Å²) in [7, 11) is 3.55. The molecule has 0 aliphatic heterocycles. The number of imidazole rings is 2. The molecule has 2 N–H and O–H groups in total. The number of aryl methyl sites for hydroxylation is 1. The summed E-state index contributed by atoms with van der Waals surface area (Å²) in [5.74, 6) is 2.67. The minimum Gasteiger partial charge on any atom is -0.497 e. The first-order valence-corrected chi connectivity index (χ1v) is 11.1. The van der Waals surface area contributed by atoms with Gasteiger partial charge in [-0.2, -0.15) is 0 Å². The van der Waals surface area contributed by atoms with Crippen molar-refractivity contribution in [3.8, 4) is 5.75 Å². The predicted octanol–water partition coefficient (Wildman–Crippen LogP) is 4.01. The van der Waals surface area contributed by atoms with E-state index in [1.54, 1.807) is 25.1 Å². The smallest absolute Gasteiger partial charge is 0.230 e. The van der Waals surface area contributed by atoms with Gasteiger partial charge in [0.1, 0.15) is 23.4 Å². The molecule has 2 unspecified atom stereocenters. The molecule has 4 aromatic rings. The maximum atomic E-state index is 12.8. The van der Waals surface area contributed by atoms with E-state index < -0.39 is 0 Å². The fourth-order valence-corrected chi connectivity index (χ4v) is 4.15. The van der Waals surface area contributed by atoms with Gasteiger partial charge in [-0.05, 0) is 36.8 Å². The molecule has 2 aromatic carbocycles. The van der Waals surface area contributed by atoms with Crippen LogP contribution in [0.15, 0.2) is 60.9 Å². The van der Waals surface area contributed by atoms with E-state index >= 15 is 0 Å². The average molecular weight is 436 g/mol. The van der Waals surface area contributed by atoms with Crippen LogP contribution in [-0.4, -0.2) is 38.3 Å². The summed E-state index contributed by atoms with van der Waals surface area (Å²) in [5, 5.41) is 3.19. The van der Waals surface area contributed by atoms with Gasteiger partial charge in [-0.25, -0.2) is 9.97 Å². The number of ether oxygens (including phenoxy) is 1. The third-order valence-corrected chi connectivity index (χ3v) is 6.28. The standard InChI is InChI=1S/C23H25N5O2S/c1-15(22-25-18-6-4-5-7-19(18)26-22)31-14-20(29)27-21(23-24-12-13-28(23)2)16-8-10-17(30-3)11-9-16/h4-13,15,21H,14H2,1-3H3,(H,25,26)(H,27,29). The molecule has 2 atom stereocenters. The Morgan fingerprint density at radius 1 is 1.23 bits per heavy atom. The Morgan fingerprint density at radius 2 is 2.00 bits per heavy atom. The topological polar surface area (TPSA) is 84.8 Å². The Morgan fingerprint density at radius 3 is 2.68 bits per heavy atom. The highest BCUT2D eigenvalue weighted by Gasteiger charge is 2.22. The summed E-state index contributed by atoms with van der Waals surface area (Å²) in [5.41, 5.74) is 2.88. The van der Waals surface area contributed by atoms with Crippen molar-refractivity contribution in [2.24, 2.45) is 7.05 Å². The van der Waals surface area contributed by atoms with Gasteiger partial charge >= 0.3 is 0 Å². The van der Waals surface area contributed by atoms with Crippen LogP contribution in [0.1, 0.15) is 35.4 Å². The van der Waals surface area contributed by atoms with E-state index in [1.807, 2.05) is 66.3 Å². The fraction of sp³-hybridized carbons (Fsp3) is 0.261. The predicted molar refractivity (Wildman–Crippen MR) is 123 cm³/mol. The Hall–Kier alpha value is -3.26.